The monoisotopic (exact) mass is 615 g/mol. The van der Waals surface area contributed by atoms with Gasteiger partial charge in [-0.2, -0.15) is 4.37 Å². The van der Waals surface area contributed by atoms with Crippen molar-refractivity contribution in [1.82, 2.24) is 45.1 Å². The van der Waals surface area contributed by atoms with Crippen LogP contribution >= 0.6 is 35.1 Å². The molecule has 0 bridgehead atoms. The molecule has 1 fully saturated rings. The summed E-state index contributed by atoms with van der Waals surface area (Å²) >= 11 is 3.22. The zero-order valence-electron chi connectivity index (χ0n) is 20.3. The minimum atomic E-state index is -1.63. The van der Waals surface area contributed by atoms with Gasteiger partial charge in [0.15, 0.2) is 17.0 Å². The van der Waals surface area contributed by atoms with Crippen LogP contribution in [0.4, 0.5) is 9.93 Å². The number of hydrogen-bond acceptors (Lipinski definition) is 16. The predicted octanol–water partition coefficient (Wildman–Crippen LogP) is -2.30. The Morgan fingerprint density at radius 3 is 2.65 bits per heavy atom. The van der Waals surface area contributed by atoms with Crippen LogP contribution in [0, 0.1) is 0 Å². The van der Waals surface area contributed by atoms with E-state index in [1.54, 1.807) is 7.05 Å². The highest BCUT2D eigenvalue weighted by atomic mass is 32.2. The summed E-state index contributed by atoms with van der Waals surface area (Å²) in [6.07, 6.45) is -2.27. The first-order chi connectivity index (χ1) is 19.0. The van der Waals surface area contributed by atoms with E-state index >= 15 is 0 Å². The van der Waals surface area contributed by atoms with Gasteiger partial charge in [0.25, 0.3) is 11.8 Å². The summed E-state index contributed by atoms with van der Waals surface area (Å²) in [7, 11) is 1.63. The Morgan fingerprint density at radius 1 is 1.30 bits per heavy atom. The van der Waals surface area contributed by atoms with Crippen LogP contribution in [0.15, 0.2) is 16.6 Å². The fourth-order valence-electron chi connectivity index (χ4n) is 3.56. The lowest BCUT2D eigenvalue weighted by Crippen LogP contribution is -2.70. The Labute approximate surface area is 236 Å². The van der Waals surface area contributed by atoms with E-state index in [1.807, 2.05) is 0 Å². The molecular weight excluding hydrogens is 594 g/mol. The number of nitrogens with two attached hydrogens (primary N) is 2. The summed E-state index contributed by atoms with van der Waals surface area (Å²) in [5.41, 5.74) is 11.5. The van der Waals surface area contributed by atoms with Gasteiger partial charge in [-0.1, -0.05) is 11.8 Å². The molecule has 3 amide bonds. The van der Waals surface area contributed by atoms with Crippen molar-refractivity contribution >= 4 is 70.0 Å². The van der Waals surface area contributed by atoms with Gasteiger partial charge in [-0.25, -0.2) is 14.5 Å². The molecule has 0 aromatic carbocycles. The van der Waals surface area contributed by atoms with E-state index in [4.69, 9.17) is 21.3 Å². The Kier molecular flexibility index (Phi) is 8.70. The summed E-state index contributed by atoms with van der Waals surface area (Å²) in [6.45, 7) is 0. The van der Waals surface area contributed by atoms with Crippen LogP contribution in [0.2, 0.25) is 0 Å². The maximum absolute atomic E-state index is 13.2. The topological polar surface area (TPSA) is 284 Å². The highest BCUT2D eigenvalue weighted by Gasteiger charge is 2.54. The number of thioether (sulfide) groups is 2. The van der Waals surface area contributed by atoms with E-state index in [0.29, 0.717) is 10.7 Å². The molecule has 0 aliphatic carbocycles. The maximum Gasteiger partial charge on any atom is 0.512 e. The van der Waals surface area contributed by atoms with Crippen molar-refractivity contribution < 1.29 is 38.9 Å². The summed E-state index contributed by atoms with van der Waals surface area (Å²) in [6, 6.07) is -4.15. The number of aryl methyl sites for hydroxylation is 1. The summed E-state index contributed by atoms with van der Waals surface area (Å²) in [5, 5.41) is 33.9. The lowest BCUT2D eigenvalue weighted by Gasteiger charge is -2.49. The van der Waals surface area contributed by atoms with Crippen LogP contribution in [-0.2, 0) is 31.0 Å². The second kappa shape index (κ2) is 12.0. The SMILES string of the molecule is Cn1nnnc1SCC1=C(OC(=O)O)N2C(=O)[C@@H](NC(=O)[C@@H](NC(=O)C[C@@H](N)C(=O)O)c3nsc(N)n3)[C@@H]2SC1. The lowest BCUT2D eigenvalue weighted by molar-refractivity contribution is -0.149. The van der Waals surface area contributed by atoms with Crippen molar-refractivity contribution in [2.75, 3.05) is 17.2 Å². The number of β-lactam (4-membered cyclic amide) rings is 1. The van der Waals surface area contributed by atoms with Gasteiger partial charge < -0.3 is 37.1 Å². The standard InChI is InChI=1S/C18H21N11O8S3/c1-28-17(24-26-27-28)39-4-5-3-38-14-9(12(32)29(14)13(5)37-18(35)36)22-11(31)8(10-23-16(20)40-25-10)21-7(30)2-6(19)15(33)34/h6,8-9,14H,2-4,19H2,1H3,(H,21,30)(H,22,31)(H,33,34)(H,35,36)(H2,20,23,25)/t6-,8+,9-,14+/m1/s1. The molecule has 2 aliphatic heterocycles. The van der Waals surface area contributed by atoms with E-state index < -0.39 is 59.8 Å². The fraction of sp³-hybridized carbons (Fsp3) is 0.444. The van der Waals surface area contributed by atoms with Crippen molar-refractivity contribution in [3.05, 3.63) is 17.3 Å². The van der Waals surface area contributed by atoms with Crippen molar-refractivity contribution in [2.24, 2.45) is 12.8 Å². The molecule has 4 atom stereocenters. The number of aromatic nitrogens is 6. The number of aliphatic carboxylic acids is 1. The Balaban J connectivity index is 1.48. The van der Waals surface area contributed by atoms with E-state index in [2.05, 4.69) is 35.5 Å². The van der Waals surface area contributed by atoms with Crippen molar-refractivity contribution in [3.8, 4) is 0 Å². The van der Waals surface area contributed by atoms with Crippen LogP contribution in [0.3, 0.4) is 0 Å². The number of hydrogen-bond donors (Lipinski definition) is 6. The first-order valence-corrected chi connectivity index (χ1v) is 13.9. The first kappa shape index (κ1) is 29.0. The number of nitrogens with zero attached hydrogens (tertiary/aromatic N) is 7. The molecule has 4 heterocycles. The summed E-state index contributed by atoms with van der Waals surface area (Å²) in [4.78, 5) is 66.1. The molecule has 40 heavy (non-hydrogen) atoms. The molecule has 2 aromatic rings. The van der Waals surface area contributed by atoms with E-state index in [-0.39, 0.29) is 28.3 Å². The van der Waals surface area contributed by atoms with Crippen LogP contribution in [0.5, 0.6) is 0 Å². The van der Waals surface area contributed by atoms with Gasteiger partial charge in [-0.05, 0) is 10.4 Å². The smallest absolute Gasteiger partial charge is 0.480 e. The van der Waals surface area contributed by atoms with Crippen LogP contribution in [0.25, 0.3) is 0 Å². The average molecular weight is 616 g/mol. The highest BCUT2D eigenvalue weighted by molar-refractivity contribution is 8.01. The van der Waals surface area contributed by atoms with Gasteiger partial charge in [0.1, 0.15) is 17.5 Å². The van der Waals surface area contributed by atoms with E-state index in [1.165, 1.54) is 28.2 Å². The quantitative estimate of drug-likeness (QED) is 0.0880. The third-order valence-electron chi connectivity index (χ3n) is 5.44. The number of tetrazole rings is 1. The van der Waals surface area contributed by atoms with E-state index in [9.17, 15) is 29.1 Å². The van der Waals surface area contributed by atoms with Gasteiger partial charge in [-0.15, -0.1) is 16.9 Å². The Bertz CT molecular complexity index is 1380. The number of carbonyl (C=O) groups is 5. The van der Waals surface area contributed by atoms with Gasteiger partial charge in [0, 0.05) is 35.7 Å². The predicted molar refractivity (Wildman–Crippen MR) is 136 cm³/mol. The van der Waals surface area contributed by atoms with Crippen LogP contribution in [-0.4, -0.2) is 103 Å². The molecule has 0 spiro atoms. The molecule has 8 N–H and O–H groups in total. The van der Waals surface area contributed by atoms with Gasteiger partial charge in [-0.3, -0.25) is 24.1 Å². The number of carboxylic acid groups (broad SMARTS) is 2. The number of amides is 3. The molecule has 4 rings (SSSR count). The molecule has 2 aliphatic rings. The Hall–Kier alpha value is -4.02. The van der Waals surface area contributed by atoms with Gasteiger partial charge in [0.05, 0.1) is 6.42 Å². The maximum atomic E-state index is 13.2. The molecule has 0 radical (unpaired) electrons. The third kappa shape index (κ3) is 6.24. The zero-order valence-corrected chi connectivity index (χ0v) is 22.7. The largest absolute Gasteiger partial charge is 0.512 e. The zero-order chi connectivity index (χ0) is 29.1. The number of carbonyl (C=O) groups excluding carboxylic acids is 3. The first-order valence-electron chi connectivity index (χ1n) is 11.1. The number of rotatable bonds is 11. The van der Waals surface area contributed by atoms with Crippen molar-refractivity contribution in [3.63, 3.8) is 0 Å². The van der Waals surface area contributed by atoms with Crippen LogP contribution < -0.4 is 22.1 Å². The fourth-order valence-corrected chi connectivity index (χ4v) is 6.33. The minimum Gasteiger partial charge on any atom is -0.480 e. The minimum absolute atomic E-state index is 0.00104. The molecule has 1 saturated heterocycles. The molecule has 214 valence electrons. The number of carboxylic acids is 1. The molecule has 22 heteroatoms. The Morgan fingerprint density at radius 2 is 2.05 bits per heavy atom. The average Bonchev–Trinajstić information content (AvgIpc) is 3.51. The third-order valence-corrected chi connectivity index (χ3v) is 8.43. The number of nitrogens with one attached hydrogen (secondary N) is 2. The summed E-state index contributed by atoms with van der Waals surface area (Å²) < 4.78 is 10.3. The van der Waals surface area contributed by atoms with Gasteiger partial charge in [0.2, 0.25) is 16.9 Å². The number of nitrogen functional groups attached to an aromatic ring is 1. The van der Waals surface area contributed by atoms with Crippen molar-refractivity contribution in [1.29, 1.82) is 0 Å². The molecule has 2 aromatic heterocycles. The second-order valence-electron chi connectivity index (χ2n) is 8.19. The lowest BCUT2D eigenvalue weighted by atomic mass is 10.1. The molecule has 0 saturated carbocycles. The second-order valence-corrected chi connectivity index (χ2v) is 11.0. The molecule has 0 unspecified atom stereocenters. The highest BCUT2D eigenvalue weighted by Crippen LogP contribution is 2.42. The molecular formula is C18H21N11O8S3. The number of ether oxygens (including phenoxy) is 1. The van der Waals surface area contributed by atoms with Gasteiger partial charge >= 0.3 is 12.1 Å². The number of fused-ring (bicyclic) bond motifs is 1. The summed E-state index contributed by atoms with van der Waals surface area (Å²) in [5.74, 6) is -3.69. The van der Waals surface area contributed by atoms with E-state index in [0.717, 1.165) is 16.4 Å². The van der Waals surface area contributed by atoms with Crippen molar-refractivity contribution in [2.45, 2.75) is 35.1 Å². The normalized spacial score (nSPS) is 19.8. The number of anilines is 1. The molecule has 19 nitrogen and oxygen atoms in total. The van der Waals surface area contributed by atoms with Crippen LogP contribution in [0.1, 0.15) is 18.3 Å².